The van der Waals surface area contributed by atoms with Crippen LogP contribution in [0.2, 0.25) is 0 Å². The number of aromatic nitrogens is 4. The summed E-state index contributed by atoms with van der Waals surface area (Å²) in [7, 11) is 2.16. The third-order valence-corrected chi connectivity index (χ3v) is 7.29. The summed E-state index contributed by atoms with van der Waals surface area (Å²) in [6.07, 6.45) is 2.11. The first kappa shape index (κ1) is 25.0. The Kier molecular flexibility index (Phi) is 7.43. The largest absolute Gasteiger partial charge is 0.390 e. The zero-order valence-corrected chi connectivity index (χ0v) is 20.8. The van der Waals surface area contributed by atoms with Crippen LogP contribution in [0.3, 0.4) is 0 Å². The van der Waals surface area contributed by atoms with Crippen molar-refractivity contribution in [3.63, 3.8) is 0 Å². The Labute approximate surface area is 209 Å². The number of benzene rings is 1. The molecular weight excluding hydrogens is 467 g/mol. The van der Waals surface area contributed by atoms with E-state index in [-0.39, 0.29) is 18.5 Å². The van der Waals surface area contributed by atoms with Crippen LogP contribution in [0.15, 0.2) is 30.5 Å². The molecule has 0 amide bonds. The zero-order valence-electron chi connectivity index (χ0n) is 20.8. The smallest absolute Gasteiger partial charge is 0.354 e. The van der Waals surface area contributed by atoms with Gasteiger partial charge in [-0.15, -0.1) is 0 Å². The summed E-state index contributed by atoms with van der Waals surface area (Å²) in [5.74, 6) is 0.206. The van der Waals surface area contributed by atoms with E-state index < -0.39 is 12.6 Å². The Morgan fingerprint density at radius 3 is 2.42 bits per heavy atom. The number of hydrogen-bond donors (Lipinski definition) is 1. The molecule has 2 aliphatic rings. The van der Waals surface area contributed by atoms with Gasteiger partial charge in [-0.25, -0.2) is 9.67 Å². The third kappa shape index (κ3) is 5.98. The summed E-state index contributed by atoms with van der Waals surface area (Å²) in [6.45, 7) is 5.01. The molecule has 3 aromatic rings. The van der Waals surface area contributed by atoms with Gasteiger partial charge in [0.1, 0.15) is 5.69 Å². The fraction of sp³-hybridized carbons (Fsp3) is 0.577. The standard InChI is InChI=1S/C26H34F3N7/c1-34-13-15-35(16-14-34)18-19-7-9-20(10-8-19)23-22-17-31-25(30-12-11-26(27,28)29)32-24(22)36(33-23)21-5-3-2-4-6-21/h7-10,17,21H,2-6,11-16,18H2,1H3,(H,30,31,32). The molecule has 194 valence electrons. The van der Waals surface area contributed by atoms with Crippen molar-refractivity contribution in [3.05, 3.63) is 36.0 Å². The van der Waals surface area contributed by atoms with Gasteiger partial charge in [0.15, 0.2) is 5.65 Å². The minimum atomic E-state index is -4.22. The summed E-state index contributed by atoms with van der Waals surface area (Å²) in [5.41, 5.74) is 3.77. The fourth-order valence-electron chi connectivity index (χ4n) is 5.15. The van der Waals surface area contributed by atoms with Crippen LogP contribution < -0.4 is 5.32 Å². The average molecular weight is 502 g/mol. The lowest BCUT2D eigenvalue weighted by atomic mass is 9.96. The zero-order chi connectivity index (χ0) is 25.1. The van der Waals surface area contributed by atoms with E-state index in [1.165, 1.54) is 12.0 Å². The van der Waals surface area contributed by atoms with Crippen molar-refractivity contribution in [2.75, 3.05) is 45.1 Å². The van der Waals surface area contributed by atoms with Crippen LogP contribution in [-0.4, -0.2) is 75.5 Å². The van der Waals surface area contributed by atoms with Gasteiger partial charge in [0, 0.05) is 51.0 Å². The van der Waals surface area contributed by atoms with Gasteiger partial charge in [-0.1, -0.05) is 43.5 Å². The number of piperazine rings is 1. The normalized spacial score (nSPS) is 18.7. The molecule has 7 nitrogen and oxygen atoms in total. The molecule has 0 radical (unpaired) electrons. The second kappa shape index (κ2) is 10.7. The van der Waals surface area contributed by atoms with E-state index in [1.807, 2.05) is 4.68 Å². The van der Waals surface area contributed by atoms with Crippen molar-refractivity contribution >= 4 is 17.0 Å². The molecule has 5 rings (SSSR count). The highest BCUT2D eigenvalue weighted by molar-refractivity contribution is 5.91. The van der Waals surface area contributed by atoms with Crippen molar-refractivity contribution in [3.8, 4) is 11.3 Å². The van der Waals surface area contributed by atoms with Gasteiger partial charge >= 0.3 is 6.18 Å². The number of halogens is 3. The number of likely N-dealkylation sites (N-methyl/N-ethyl adjacent to an activating group) is 1. The number of fused-ring (bicyclic) bond motifs is 1. The first-order chi connectivity index (χ1) is 17.4. The maximum absolute atomic E-state index is 12.6. The number of nitrogens with one attached hydrogen (secondary N) is 1. The van der Waals surface area contributed by atoms with E-state index in [9.17, 15) is 13.2 Å². The fourth-order valence-corrected chi connectivity index (χ4v) is 5.15. The number of anilines is 1. The van der Waals surface area contributed by atoms with Gasteiger partial charge in [-0.3, -0.25) is 4.90 Å². The Hall–Kier alpha value is -2.72. The van der Waals surface area contributed by atoms with E-state index in [4.69, 9.17) is 5.10 Å². The molecule has 1 saturated carbocycles. The first-order valence-corrected chi connectivity index (χ1v) is 12.9. The molecule has 1 aliphatic carbocycles. The molecule has 10 heteroatoms. The van der Waals surface area contributed by atoms with Crippen molar-refractivity contribution in [2.45, 2.75) is 57.3 Å². The van der Waals surface area contributed by atoms with E-state index >= 15 is 0 Å². The highest BCUT2D eigenvalue weighted by Crippen LogP contribution is 2.34. The molecule has 1 N–H and O–H groups in total. The molecule has 1 aliphatic heterocycles. The van der Waals surface area contributed by atoms with E-state index in [0.717, 1.165) is 75.1 Å². The Morgan fingerprint density at radius 1 is 1.00 bits per heavy atom. The second-order valence-electron chi connectivity index (χ2n) is 10.1. The maximum Gasteiger partial charge on any atom is 0.390 e. The molecule has 0 bridgehead atoms. The monoisotopic (exact) mass is 501 g/mol. The predicted octanol–water partition coefficient (Wildman–Crippen LogP) is 5.11. The van der Waals surface area contributed by atoms with Gasteiger partial charge in [0.05, 0.1) is 17.8 Å². The Balaban J connectivity index is 1.40. The summed E-state index contributed by atoms with van der Waals surface area (Å²) in [5, 5.41) is 8.55. The molecule has 1 saturated heterocycles. The lowest BCUT2D eigenvalue weighted by molar-refractivity contribution is -0.131. The van der Waals surface area contributed by atoms with Crippen LogP contribution in [0, 0.1) is 0 Å². The van der Waals surface area contributed by atoms with Crippen LogP contribution in [0.25, 0.3) is 22.3 Å². The van der Waals surface area contributed by atoms with Gasteiger partial charge in [0.25, 0.3) is 0 Å². The van der Waals surface area contributed by atoms with Crippen molar-refractivity contribution < 1.29 is 13.2 Å². The molecule has 3 heterocycles. The SMILES string of the molecule is CN1CCN(Cc2ccc(-c3nn(C4CCCCC4)c4nc(NCCC(F)(F)F)ncc34)cc2)CC1. The number of rotatable bonds is 7. The number of alkyl halides is 3. The van der Waals surface area contributed by atoms with Crippen LogP contribution in [0.1, 0.15) is 50.1 Å². The summed E-state index contributed by atoms with van der Waals surface area (Å²) < 4.78 is 39.7. The topological polar surface area (TPSA) is 62.1 Å². The average Bonchev–Trinajstić information content (AvgIpc) is 3.25. The molecule has 1 aromatic carbocycles. The van der Waals surface area contributed by atoms with Gasteiger partial charge in [0.2, 0.25) is 5.95 Å². The summed E-state index contributed by atoms with van der Waals surface area (Å²) in [6, 6.07) is 8.77. The van der Waals surface area contributed by atoms with Gasteiger partial charge < -0.3 is 10.2 Å². The lowest BCUT2D eigenvalue weighted by Crippen LogP contribution is -2.43. The van der Waals surface area contributed by atoms with E-state index in [2.05, 4.69) is 56.4 Å². The first-order valence-electron chi connectivity index (χ1n) is 12.9. The van der Waals surface area contributed by atoms with Crippen LogP contribution in [0.4, 0.5) is 19.1 Å². The van der Waals surface area contributed by atoms with Crippen molar-refractivity contribution in [1.82, 2.24) is 29.5 Å². The van der Waals surface area contributed by atoms with Crippen LogP contribution in [-0.2, 0) is 6.54 Å². The van der Waals surface area contributed by atoms with E-state index in [0.29, 0.717) is 5.65 Å². The predicted molar refractivity (Wildman–Crippen MR) is 135 cm³/mol. The molecule has 2 fully saturated rings. The van der Waals surface area contributed by atoms with Gasteiger partial charge in [-0.05, 0) is 25.5 Å². The summed E-state index contributed by atoms with van der Waals surface area (Å²) in [4.78, 5) is 13.8. The molecule has 0 spiro atoms. The molecule has 0 unspecified atom stereocenters. The van der Waals surface area contributed by atoms with E-state index in [1.54, 1.807) is 6.20 Å². The Bertz CT molecular complexity index is 1140. The van der Waals surface area contributed by atoms with Gasteiger partial charge in [-0.2, -0.15) is 23.3 Å². The van der Waals surface area contributed by atoms with Crippen molar-refractivity contribution in [1.29, 1.82) is 0 Å². The molecule has 2 aromatic heterocycles. The van der Waals surface area contributed by atoms with Crippen LogP contribution >= 0.6 is 0 Å². The number of nitrogens with zero attached hydrogens (tertiary/aromatic N) is 6. The second-order valence-corrected chi connectivity index (χ2v) is 10.1. The quantitative estimate of drug-likeness (QED) is 0.486. The minimum Gasteiger partial charge on any atom is -0.354 e. The minimum absolute atomic E-state index is 0.206. The van der Waals surface area contributed by atoms with Crippen LogP contribution in [0.5, 0.6) is 0 Å². The number of hydrogen-bond acceptors (Lipinski definition) is 6. The molecule has 36 heavy (non-hydrogen) atoms. The molecular formula is C26H34F3N7. The highest BCUT2D eigenvalue weighted by Gasteiger charge is 2.27. The third-order valence-electron chi connectivity index (χ3n) is 7.29. The maximum atomic E-state index is 12.6. The van der Waals surface area contributed by atoms with Crippen molar-refractivity contribution in [2.24, 2.45) is 0 Å². The highest BCUT2D eigenvalue weighted by atomic mass is 19.4. The molecule has 0 atom stereocenters. The summed E-state index contributed by atoms with van der Waals surface area (Å²) >= 11 is 0. The lowest BCUT2D eigenvalue weighted by Gasteiger charge is -2.32. The Morgan fingerprint density at radius 2 is 1.72 bits per heavy atom.